The zero-order valence-corrected chi connectivity index (χ0v) is 19.9. The minimum Gasteiger partial charge on any atom is -0.478 e. The molecule has 34 heavy (non-hydrogen) atoms. The summed E-state index contributed by atoms with van der Waals surface area (Å²) in [6, 6.07) is 4.30. The Labute approximate surface area is 198 Å². The van der Waals surface area contributed by atoms with Crippen LogP contribution in [0.4, 0.5) is 19.0 Å². The van der Waals surface area contributed by atoms with Crippen molar-refractivity contribution in [3.05, 3.63) is 36.0 Å². The Morgan fingerprint density at radius 3 is 2.68 bits per heavy atom. The van der Waals surface area contributed by atoms with Crippen LogP contribution < -0.4 is 5.12 Å². The van der Waals surface area contributed by atoms with Crippen molar-refractivity contribution in [2.24, 2.45) is 15.2 Å². The van der Waals surface area contributed by atoms with Crippen molar-refractivity contribution in [3.63, 3.8) is 0 Å². The molecule has 11 heteroatoms. The zero-order valence-electron chi connectivity index (χ0n) is 19.9. The van der Waals surface area contributed by atoms with E-state index in [0.717, 1.165) is 56.4 Å². The monoisotopic (exact) mass is 479 g/mol. The van der Waals surface area contributed by atoms with Crippen molar-refractivity contribution in [2.75, 3.05) is 38.4 Å². The Bertz CT molecular complexity index is 917. The minimum absolute atomic E-state index is 0.306. The Morgan fingerprint density at radius 2 is 2.00 bits per heavy atom. The molecule has 0 radical (unpaired) electrons. The quantitative estimate of drug-likeness (QED) is 0.448. The van der Waals surface area contributed by atoms with Gasteiger partial charge in [-0.1, -0.05) is 13.0 Å². The van der Waals surface area contributed by atoms with E-state index in [2.05, 4.69) is 45.0 Å². The molecule has 0 unspecified atom stereocenters. The molecule has 3 rings (SSSR count). The predicted octanol–water partition coefficient (Wildman–Crippen LogP) is 4.06. The molecule has 1 atom stereocenters. The zero-order chi connectivity index (χ0) is 24.6. The van der Waals surface area contributed by atoms with Gasteiger partial charge in [0, 0.05) is 44.7 Å². The molecular formula is C23H32F3N7O. The maximum absolute atomic E-state index is 12.8. The lowest BCUT2D eigenvalue weighted by Crippen LogP contribution is -2.37. The van der Waals surface area contributed by atoms with E-state index in [-0.39, 0.29) is 6.54 Å². The third-order valence-electron chi connectivity index (χ3n) is 5.79. The second-order valence-electron chi connectivity index (χ2n) is 8.22. The Morgan fingerprint density at radius 1 is 1.24 bits per heavy atom. The van der Waals surface area contributed by atoms with Gasteiger partial charge in [0.1, 0.15) is 5.71 Å². The molecule has 0 saturated carbocycles. The summed E-state index contributed by atoms with van der Waals surface area (Å²) in [7, 11) is 1.57. The number of hydrazone groups is 2. The molecule has 0 aliphatic carbocycles. The van der Waals surface area contributed by atoms with Gasteiger partial charge in [-0.15, -0.1) is 5.12 Å². The van der Waals surface area contributed by atoms with Gasteiger partial charge >= 0.3 is 6.18 Å². The molecule has 1 aromatic heterocycles. The van der Waals surface area contributed by atoms with Gasteiger partial charge < -0.3 is 14.5 Å². The molecule has 0 bridgehead atoms. The van der Waals surface area contributed by atoms with E-state index in [1.165, 1.54) is 4.90 Å². The summed E-state index contributed by atoms with van der Waals surface area (Å²) in [4.78, 5) is 11.8. The first-order valence-electron chi connectivity index (χ1n) is 11.5. The molecule has 0 N–H and O–H groups in total. The summed E-state index contributed by atoms with van der Waals surface area (Å²) in [6.07, 6.45) is 5.31. The number of anilines is 1. The topological polar surface area (TPSA) is 68.9 Å². The Balaban J connectivity index is 1.46. The number of hydrogen-bond donors (Lipinski definition) is 0. The van der Waals surface area contributed by atoms with Crippen LogP contribution in [0, 0.1) is 0 Å². The van der Waals surface area contributed by atoms with Crippen molar-refractivity contribution in [3.8, 4) is 0 Å². The first kappa shape index (κ1) is 25.7. The van der Waals surface area contributed by atoms with E-state index in [0.29, 0.717) is 18.5 Å². The van der Waals surface area contributed by atoms with Crippen LogP contribution in [0.1, 0.15) is 38.7 Å². The first-order chi connectivity index (χ1) is 16.3. The van der Waals surface area contributed by atoms with Gasteiger partial charge in [-0.05, 0) is 44.4 Å². The number of alkyl halides is 3. The number of halogens is 3. The van der Waals surface area contributed by atoms with Crippen LogP contribution in [0.15, 0.2) is 45.6 Å². The SMILES string of the molecule is CCN(CCc1cccnc1N1N=CCC=N1)[C@@H](C)CCCOC1=CN=C(C(F)(F)F)CN1C. The van der Waals surface area contributed by atoms with Gasteiger partial charge in [0.15, 0.2) is 5.82 Å². The Kier molecular flexibility index (Phi) is 9.03. The van der Waals surface area contributed by atoms with Crippen LogP contribution in [0.2, 0.25) is 0 Å². The van der Waals surface area contributed by atoms with Crippen LogP contribution in [-0.4, -0.2) is 78.4 Å². The summed E-state index contributed by atoms with van der Waals surface area (Å²) in [6.45, 7) is 6.20. The number of hydrogen-bond acceptors (Lipinski definition) is 8. The molecule has 0 amide bonds. The molecule has 8 nitrogen and oxygen atoms in total. The molecule has 186 valence electrons. The fourth-order valence-electron chi connectivity index (χ4n) is 3.82. The molecule has 2 aliphatic rings. The first-order valence-corrected chi connectivity index (χ1v) is 11.5. The second-order valence-corrected chi connectivity index (χ2v) is 8.22. The average molecular weight is 480 g/mol. The molecule has 0 aromatic carbocycles. The molecule has 0 saturated heterocycles. The van der Waals surface area contributed by atoms with Gasteiger partial charge in [0.25, 0.3) is 0 Å². The van der Waals surface area contributed by atoms with Crippen LogP contribution in [0.5, 0.6) is 0 Å². The third-order valence-corrected chi connectivity index (χ3v) is 5.79. The highest BCUT2D eigenvalue weighted by atomic mass is 19.4. The van der Waals surface area contributed by atoms with E-state index < -0.39 is 11.9 Å². The van der Waals surface area contributed by atoms with E-state index >= 15 is 0 Å². The highest BCUT2D eigenvalue weighted by Gasteiger charge is 2.37. The lowest BCUT2D eigenvalue weighted by molar-refractivity contribution is -0.0620. The molecule has 2 aliphatic heterocycles. The smallest absolute Gasteiger partial charge is 0.431 e. The normalized spacial score (nSPS) is 17.1. The number of aliphatic imine (C=N–C) groups is 1. The summed E-state index contributed by atoms with van der Waals surface area (Å²) in [5, 5.41) is 10.2. The molecule has 3 heterocycles. The summed E-state index contributed by atoms with van der Waals surface area (Å²) in [5.74, 6) is 1.10. The van der Waals surface area contributed by atoms with Gasteiger partial charge in [-0.2, -0.15) is 23.4 Å². The number of nitrogens with zero attached hydrogens (tertiary/aromatic N) is 7. The summed E-state index contributed by atoms with van der Waals surface area (Å²) < 4.78 is 44.0. The molecule has 1 aromatic rings. The fourth-order valence-corrected chi connectivity index (χ4v) is 3.82. The van der Waals surface area contributed by atoms with Gasteiger partial charge in [0.2, 0.25) is 5.88 Å². The van der Waals surface area contributed by atoms with Crippen LogP contribution in [0.3, 0.4) is 0 Å². The standard InChI is InChI=1S/C23H32F3N7O/c1-4-32(14-10-19-9-5-11-27-22(19)33-29-12-7-13-30-33)18(2)8-6-15-34-21-16-28-20(17-31(21)3)23(24,25)26/h5,9,11-13,16,18H,4,6-8,10,14-15,17H2,1-3H3/t18-/m0/s1. The molecule has 0 fully saturated rings. The highest BCUT2D eigenvalue weighted by Crippen LogP contribution is 2.23. The lowest BCUT2D eigenvalue weighted by Gasteiger charge is -2.29. The molecular weight excluding hydrogens is 447 g/mol. The predicted molar refractivity (Wildman–Crippen MR) is 128 cm³/mol. The molecule has 0 spiro atoms. The lowest BCUT2D eigenvalue weighted by atomic mass is 10.1. The van der Waals surface area contributed by atoms with Crippen molar-refractivity contribution >= 4 is 24.0 Å². The number of ether oxygens (including phenoxy) is 1. The largest absolute Gasteiger partial charge is 0.478 e. The number of pyridine rings is 1. The number of rotatable bonds is 11. The highest BCUT2D eigenvalue weighted by molar-refractivity contribution is 5.92. The van der Waals surface area contributed by atoms with E-state index in [1.54, 1.807) is 30.8 Å². The Hall–Kier alpha value is -2.95. The maximum Gasteiger partial charge on any atom is 0.431 e. The third kappa shape index (κ3) is 7.02. The summed E-state index contributed by atoms with van der Waals surface area (Å²) >= 11 is 0. The van der Waals surface area contributed by atoms with Crippen LogP contribution >= 0.6 is 0 Å². The minimum atomic E-state index is -4.42. The van der Waals surface area contributed by atoms with Crippen LogP contribution in [-0.2, 0) is 11.2 Å². The van der Waals surface area contributed by atoms with Crippen molar-refractivity contribution < 1.29 is 17.9 Å². The van der Waals surface area contributed by atoms with Crippen molar-refractivity contribution in [1.82, 2.24) is 14.8 Å². The van der Waals surface area contributed by atoms with Crippen LogP contribution in [0.25, 0.3) is 0 Å². The van der Waals surface area contributed by atoms with E-state index in [1.807, 2.05) is 6.07 Å². The fraction of sp³-hybridized carbons (Fsp3) is 0.565. The summed E-state index contributed by atoms with van der Waals surface area (Å²) in [5.41, 5.74) is 0.268. The van der Waals surface area contributed by atoms with E-state index in [4.69, 9.17) is 4.74 Å². The van der Waals surface area contributed by atoms with Crippen molar-refractivity contribution in [1.29, 1.82) is 0 Å². The van der Waals surface area contributed by atoms with Gasteiger partial charge in [0.05, 0.1) is 19.4 Å². The van der Waals surface area contributed by atoms with E-state index in [9.17, 15) is 13.2 Å². The van der Waals surface area contributed by atoms with Gasteiger partial charge in [-0.25, -0.2) is 9.98 Å². The number of aromatic nitrogens is 1. The van der Waals surface area contributed by atoms with Crippen molar-refractivity contribution in [2.45, 2.75) is 51.7 Å². The second kappa shape index (κ2) is 12.0. The average Bonchev–Trinajstić information content (AvgIpc) is 2.83. The maximum atomic E-state index is 12.8. The van der Waals surface area contributed by atoms with Gasteiger partial charge in [-0.3, -0.25) is 0 Å². The number of likely N-dealkylation sites (N-methyl/N-ethyl adjacent to an activating group) is 1.